The van der Waals surface area contributed by atoms with Crippen molar-refractivity contribution in [1.82, 2.24) is 0 Å². The van der Waals surface area contributed by atoms with Crippen molar-refractivity contribution < 1.29 is 180 Å². The molecule has 7 nitrogen and oxygen atoms in total. The lowest BCUT2D eigenvalue weighted by Crippen LogP contribution is -2.67. The zero-order chi connectivity index (χ0) is 83.0. The number of rotatable bonds is 15. The van der Waals surface area contributed by atoms with Crippen LogP contribution < -0.4 is 0 Å². The molecule has 0 amide bonds. The fraction of sp³-hybridized carbons (Fsp3) is 0.985. The van der Waals surface area contributed by atoms with Gasteiger partial charge in [0.2, 0.25) is 0 Å². The van der Waals surface area contributed by atoms with E-state index in [1.807, 2.05) is 20.8 Å². The molecule has 21 atom stereocenters. The number of carbonyl (C=O) groups is 1. The van der Waals surface area contributed by atoms with Crippen LogP contribution in [0.2, 0.25) is 0 Å². The molecule has 40 heteroatoms. The minimum atomic E-state index is -6.73. The summed E-state index contributed by atoms with van der Waals surface area (Å²) in [5, 5.41) is 39.0. The molecule has 9 fully saturated rings. The zero-order valence-electron chi connectivity index (χ0n) is 59.0. The Bertz CT molecular complexity index is 2990. The maximum atomic E-state index is 14.5. The Morgan fingerprint density at radius 2 is 0.748 bits per heavy atom. The van der Waals surface area contributed by atoms with E-state index in [2.05, 4.69) is 0 Å². The molecule has 0 saturated heterocycles. The number of ether oxygens (including phenoxy) is 2. The fourth-order valence-corrected chi connectivity index (χ4v) is 21.7. The first-order valence-electron chi connectivity index (χ1n) is 34.8. The molecule has 4 N–H and O–H groups in total. The lowest BCUT2D eigenvalue weighted by Gasteiger charge is -2.51. The van der Waals surface area contributed by atoms with Gasteiger partial charge in [-0.2, -0.15) is 145 Å². The third-order valence-corrected chi connectivity index (χ3v) is 27.9. The lowest BCUT2D eigenvalue weighted by molar-refractivity contribution is -0.406. The number of aliphatic hydroxyl groups is 4. The van der Waals surface area contributed by atoms with Gasteiger partial charge in [0.25, 0.3) is 22.4 Å². The zero-order valence-corrected chi connectivity index (χ0v) is 59.0. The van der Waals surface area contributed by atoms with E-state index >= 15 is 0 Å². The summed E-state index contributed by atoms with van der Waals surface area (Å²) in [4.78, 5) is 13.3. The van der Waals surface area contributed by atoms with Gasteiger partial charge in [0, 0.05) is 18.4 Å². The molecule has 0 heterocycles. The molecule has 0 radical (unpaired) electrons. The van der Waals surface area contributed by atoms with Gasteiger partial charge in [0.15, 0.2) is 5.41 Å². The summed E-state index contributed by atoms with van der Waals surface area (Å²) in [7, 11) is 0. The van der Waals surface area contributed by atoms with Crippen LogP contribution in [0, 0.1) is 128 Å². The van der Waals surface area contributed by atoms with Crippen molar-refractivity contribution in [2.45, 2.75) is 274 Å². The smallest absolute Gasteiger partial charge is 0.426 e. The van der Waals surface area contributed by atoms with Gasteiger partial charge in [-0.05, 0) is 217 Å². The fourth-order valence-electron chi connectivity index (χ4n) is 21.7. The largest absolute Gasteiger partial charge is 0.459 e. The molecule has 0 aromatic carbocycles. The highest BCUT2D eigenvalue weighted by molar-refractivity contribution is 5.79. The van der Waals surface area contributed by atoms with Crippen LogP contribution in [0.1, 0.15) is 172 Å². The Balaban J connectivity index is 0.000000231. The van der Waals surface area contributed by atoms with Crippen molar-refractivity contribution >= 4 is 5.97 Å². The van der Waals surface area contributed by atoms with Gasteiger partial charge >= 0.3 is 73.9 Å². The second-order valence-corrected chi connectivity index (χ2v) is 34.3. The van der Waals surface area contributed by atoms with Gasteiger partial charge in [-0.3, -0.25) is 4.79 Å². The SMILES string of the molecule is CC1C2CC(C1C)C(C(=O)OC(C)(C)C1CC(C(O)(C(F)(F)F)C(F)(F)F)CC(C(O)(C(F)(F)F)C(F)(F)F)C1)(C(F)(F)F)C2.CC1C2CC(C1C)C(CC(C)(C)CC(O)(C(F)(F)F)C(F)(F)F)(C(F)(F)F)C2.CC1C2CC(C1C)C(CCOC1CC3CC(CC(O)(C(F)(F)F)C(F)(F)F)C1C3)(C(F)(F)F)C2. The summed E-state index contributed by atoms with van der Waals surface area (Å²) >= 11 is 0. The second-order valence-electron chi connectivity index (χ2n) is 34.3. The van der Waals surface area contributed by atoms with Gasteiger partial charge in [-0.1, -0.05) is 55.4 Å². The van der Waals surface area contributed by atoms with Crippen LogP contribution in [-0.4, -0.2) is 135 Å². The molecule has 9 aliphatic carbocycles. The summed E-state index contributed by atoms with van der Waals surface area (Å²) in [6, 6.07) is 0. The van der Waals surface area contributed by atoms with Crippen molar-refractivity contribution in [1.29, 1.82) is 0 Å². The van der Waals surface area contributed by atoms with Crippen molar-refractivity contribution in [3.05, 3.63) is 0 Å². The topological polar surface area (TPSA) is 116 Å². The van der Waals surface area contributed by atoms with E-state index in [0.717, 1.165) is 13.8 Å². The van der Waals surface area contributed by atoms with Crippen LogP contribution in [0.5, 0.6) is 0 Å². The van der Waals surface area contributed by atoms with Crippen LogP contribution in [0.4, 0.5) is 145 Å². The minimum absolute atomic E-state index is 0.00378. The molecule has 9 rings (SSSR count). The van der Waals surface area contributed by atoms with E-state index in [9.17, 15) is 170 Å². The predicted molar refractivity (Wildman–Crippen MR) is 308 cm³/mol. The van der Waals surface area contributed by atoms with E-state index in [0.29, 0.717) is 33.1 Å². The van der Waals surface area contributed by atoms with Crippen LogP contribution in [-0.2, 0) is 14.3 Å². The molecule has 628 valence electrons. The van der Waals surface area contributed by atoms with Crippen molar-refractivity contribution in [3.63, 3.8) is 0 Å². The average Bonchev–Trinajstić information content (AvgIpc) is 1.65. The Labute approximate surface area is 593 Å². The van der Waals surface area contributed by atoms with Crippen LogP contribution >= 0.6 is 0 Å². The summed E-state index contributed by atoms with van der Waals surface area (Å²) in [6.45, 7) is 13.3. The maximum absolute atomic E-state index is 14.5. The molecule has 0 aliphatic heterocycles. The number of halogens is 33. The highest BCUT2D eigenvalue weighted by Crippen LogP contribution is 2.73. The standard InChI is InChI=1S/C26H31F15O4.C23H31F9O2.C18H25F9O/c1-10-11(2)16-5-12(10)9-19(16,22(27,28)29)17(42)45-18(3,4)13-6-14(20(43,23(30,31)32)24(33,34)35)8-15(7-13)21(44,25(36,37)38)26(39,40)41;1-11-12(2)17-8-14(11)9-19(17,21(24,25)26)3-4-34-18-7-13-5-15(16(18)6-13)10-20(33,22(27,28)29)23(30,31)32;1-9-10(2)12-5-11(9)6-14(12,16(19,20)21)7-13(3,4)8-15(28,17(22,23)24)18(25,26)27/h10-16,43-44H,5-9H2,1-4H3;11-18,33H,3-10H2,1-2H3;9-12,28H,5-8H2,1-4H3. The van der Waals surface area contributed by atoms with Crippen molar-refractivity contribution in [2.75, 3.05) is 6.61 Å². The second kappa shape index (κ2) is 27.9. The normalized spacial score (nSPS) is 37.1. The first-order valence-corrected chi connectivity index (χ1v) is 34.8. The number of esters is 1. The Kier molecular flexibility index (Phi) is 23.7. The first kappa shape index (κ1) is 91.1. The molecule has 9 saturated carbocycles. The molecular weight excluding hydrogens is 1540 g/mol. The molecule has 9 aliphatic rings. The summed E-state index contributed by atoms with van der Waals surface area (Å²) in [5.41, 5.74) is -33.9. The van der Waals surface area contributed by atoms with E-state index < -0.39 is 234 Å². The number of hydrogen-bond donors (Lipinski definition) is 4. The number of hydrogen-bond acceptors (Lipinski definition) is 7. The number of carbonyl (C=O) groups excluding carboxylic acids is 1. The van der Waals surface area contributed by atoms with Crippen LogP contribution in [0.15, 0.2) is 0 Å². The van der Waals surface area contributed by atoms with Gasteiger partial charge < -0.3 is 29.9 Å². The lowest BCUT2D eigenvalue weighted by atomic mass is 9.58. The average molecular weight is 1630 g/mol. The number of fused-ring (bicyclic) bond motifs is 8. The number of alkyl halides is 33. The monoisotopic (exact) mass is 1630 g/mol. The highest BCUT2D eigenvalue weighted by atomic mass is 19.5. The molecular formula is C67H87F33O7. The Morgan fingerprint density at radius 3 is 1.07 bits per heavy atom. The molecule has 8 bridgehead atoms. The van der Waals surface area contributed by atoms with Gasteiger partial charge in [-0.25, -0.2) is 0 Å². The van der Waals surface area contributed by atoms with Crippen molar-refractivity contribution in [2.24, 2.45) is 128 Å². The summed E-state index contributed by atoms with van der Waals surface area (Å²) in [5.74, 6) is -18.2. The Hall–Kier alpha value is -3.04. The predicted octanol–water partition coefficient (Wildman–Crippen LogP) is 21.3. The third kappa shape index (κ3) is 15.3. The van der Waals surface area contributed by atoms with E-state index in [-0.39, 0.29) is 92.5 Å². The van der Waals surface area contributed by atoms with E-state index in [1.165, 1.54) is 6.92 Å². The van der Waals surface area contributed by atoms with E-state index in [4.69, 9.17) is 9.47 Å². The highest BCUT2D eigenvalue weighted by Gasteiger charge is 2.81. The third-order valence-electron chi connectivity index (χ3n) is 27.9. The van der Waals surface area contributed by atoms with Crippen LogP contribution in [0.25, 0.3) is 0 Å². The summed E-state index contributed by atoms with van der Waals surface area (Å²) in [6.07, 6.45) is -75.6. The quantitative estimate of drug-likeness (QED) is 0.0953. The minimum Gasteiger partial charge on any atom is -0.459 e. The van der Waals surface area contributed by atoms with Gasteiger partial charge in [0.1, 0.15) is 5.60 Å². The van der Waals surface area contributed by atoms with E-state index in [1.54, 1.807) is 13.8 Å². The van der Waals surface area contributed by atoms with Gasteiger partial charge in [-0.15, -0.1) is 0 Å². The molecule has 0 aromatic rings. The van der Waals surface area contributed by atoms with Crippen LogP contribution in [0.3, 0.4) is 0 Å². The summed E-state index contributed by atoms with van der Waals surface area (Å²) < 4.78 is 462. The first-order chi connectivity index (χ1) is 47.3. The molecule has 21 unspecified atom stereocenters. The molecule has 107 heavy (non-hydrogen) atoms. The molecule has 0 aromatic heterocycles. The maximum Gasteiger partial charge on any atom is 0.426 e. The van der Waals surface area contributed by atoms with Crippen molar-refractivity contribution in [3.8, 4) is 0 Å². The molecule has 0 spiro atoms. The Morgan fingerprint density at radius 1 is 0.393 bits per heavy atom. The van der Waals surface area contributed by atoms with Gasteiger partial charge in [0.05, 0.1) is 16.9 Å².